The number of fused-ring (bicyclic) bond motifs is 3. The number of hydrazine groups is 2. The summed E-state index contributed by atoms with van der Waals surface area (Å²) in [4.78, 5) is 87.6. The van der Waals surface area contributed by atoms with Crippen molar-refractivity contribution >= 4 is 141 Å². The molecule has 0 fully saturated rings. The normalized spacial score (nSPS) is 11.4. The van der Waals surface area contributed by atoms with E-state index in [1.54, 1.807) is 30.5 Å². The average Bonchev–Trinajstić information content (AvgIpc) is 1.76. The standard InChI is InChI=1S/C23H25ClN4O3.C22H25ClN4O3S.C20H21ClN4O4S/c1-3-20(28(16(2)29)26-14-19-10-6-7-11-21(19)24)15-31-23(30)27-22-12-17-8-4-5-9-18(17)13-25-22;1-4-17(27(15(3)28)24-12-16-7-5-6-8-18(16)23)13-30-22(29)26-21-25-19-10-9-14(2)11-20(19)31-21;21-15-6-2-1-5-14(15)13-22-19(27)25(9-11-26)10-12-29-20(28)24-18-23-16-7-3-4-8-17(16)30-18/h4-13,20,26H,3,14-15H2,1-2H3,(H,25,27,30);5-11,17,24H,4,12-13H2,1-3H3,(H,25,26,29);1-8,26H,9-13H2,(H,22,27)(H,23,24,28)/t20-;17-;/m00./s1. The molecule has 92 heavy (non-hydrogen) atoms. The van der Waals surface area contributed by atoms with E-state index in [0.717, 1.165) is 53.5 Å². The molecule has 3 heterocycles. The number of halogens is 3. The monoisotopic (exact) mass is 1350 g/mol. The maximum absolute atomic E-state index is 12.4. The van der Waals surface area contributed by atoms with E-state index in [4.69, 9.17) is 49.0 Å². The number of para-hydroxylation sites is 1. The highest BCUT2D eigenvalue weighted by Crippen LogP contribution is 2.28. The number of aryl methyl sites for hydroxylation is 1. The minimum Gasteiger partial charge on any atom is -0.447 e. The maximum Gasteiger partial charge on any atom is 0.413 e. The quantitative estimate of drug-likeness (QED) is 0.0219. The van der Waals surface area contributed by atoms with Crippen molar-refractivity contribution in [3.63, 3.8) is 0 Å². The first kappa shape index (κ1) is 70.7. The Balaban J connectivity index is 0.000000196. The Morgan fingerprint density at radius 2 is 1.03 bits per heavy atom. The molecule has 484 valence electrons. The van der Waals surface area contributed by atoms with Gasteiger partial charge in [0.2, 0.25) is 11.8 Å². The van der Waals surface area contributed by atoms with Crippen molar-refractivity contribution in [2.75, 3.05) is 55.5 Å². The van der Waals surface area contributed by atoms with Gasteiger partial charge in [0, 0.05) is 66.7 Å². The van der Waals surface area contributed by atoms with Crippen LogP contribution in [-0.4, -0.2) is 123 Å². The number of thiazole rings is 2. The van der Waals surface area contributed by atoms with Crippen LogP contribution in [0, 0.1) is 6.92 Å². The Labute approximate surface area is 555 Å². The van der Waals surface area contributed by atoms with Gasteiger partial charge in [0.1, 0.15) is 25.6 Å². The lowest BCUT2D eigenvalue weighted by atomic mass is 10.2. The second kappa shape index (κ2) is 36.4. The number of carbonyl (C=O) groups is 6. The zero-order valence-corrected chi connectivity index (χ0v) is 55.0. The van der Waals surface area contributed by atoms with E-state index < -0.39 is 18.3 Å². The van der Waals surface area contributed by atoms with Crippen LogP contribution in [0.15, 0.2) is 152 Å². The fraction of sp³-hybridized carbons (Fsp3) is 0.277. The van der Waals surface area contributed by atoms with Crippen molar-refractivity contribution in [1.29, 1.82) is 0 Å². The SMILES string of the molecule is CC[C@@H](COC(=O)Nc1cc2ccccc2cn1)N(NCc1ccccc1Cl)C(C)=O.CC[C@@H](COC(=O)Nc1nc2ccc(C)cc2s1)N(NCc1ccccc1Cl)C(C)=O.O=C(Nc1nc2ccccc2s1)OCCN(CCO)C(=O)NCc1ccccc1Cl. The third-order valence-electron chi connectivity index (χ3n) is 13.7. The molecule has 2 atom stereocenters. The number of amides is 7. The summed E-state index contributed by atoms with van der Waals surface area (Å²) in [5.74, 6) is 0.0422. The van der Waals surface area contributed by atoms with E-state index in [2.05, 4.69) is 47.1 Å². The number of rotatable bonds is 24. The summed E-state index contributed by atoms with van der Waals surface area (Å²) in [5, 5.41) is 27.4. The van der Waals surface area contributed by atoms with Crippen molar-refractivity contribution in [3.05, 3.63) is 189 Å². The molecule has 27 heteroatoms. The Kier molecular flexibility index (Phi) is 28.0. The van der Waals surface area contributed by atoms with Gasteiger partial charge in [0.25, 0.3) is 0 Å². The van der Waals surface area contributed by atoms with Gasteiger partial charge in [0.15, 0.2) is 10.3 Å². The summed E-state index contributed by atoms with van der Waals surface area (Å²) in [6.07, 6.45) is 0.990. The number of aliphatic hydroxyl groups is 1. The number of carbonyl (C=O) groups excluding carboxylic acids is 6. The smallest absolute Gasteiger partial charge is 0.413 e. The molecular formula is C65H71Cl3N12O10S2. The summed E-state index contributed by atoms with van der Waals surface area (Å²) in [5.41, 5.74) is 11.5. The van der Waals surface area contributed by atoms with Crippen LogP contribution in [0.5, 0.6) is 0 Å². The van der Waals surface area contributed by atoms with E-state index in [0.29, 0.717) is 57.1 Å². The van der Waals surface area contributed by atoms with Crippen molar-refractivity contribution in [2.45, 2.75) is 79.2 Å². The number of ether oxygens (including phenoxy) is 3. The van der Waals surface area contributed by atoms with Gasteiger partial charge in [-0.2, -0.15) is 0 Å². The molecule has 0 radical (unpaired) electrons. The molecular weight excluding hydrogens is 1280 g/mol. The lowest BCUT2D eigenvalue weighted by molar-refractivity contribution is -0.137. The third-order valence-corrected chi connectivity index (χ3v) is 16.7. The number of aliphatic hydroxyl groups excluding tert-OH is 1. The van der Waals surface area contributed by atoms with Crippen LogP contribution in [0.4, 0.5) is 35.3 Å². The highest BCUT2D eigenvalue weighted by atomic mass is 35.5. The van der Waals surface area contributed by atoms with E-state index in [9.17, 15) is 33.9 Å². The molecule has 22 nitrogen and oxygen atoms in total. The molecule has 0 aliphatic carbocycles. The minimum absolute atomic E-state index is 0.0315. The summed E-state index contributed by atoms with van der Waals surface area (Å²) in [6, 6.07) is 43.9. The number of urea groups is 1. The Morgan fingerprint density at radius 1 is 0.554 bits per heavy atom. The van der Waals surface area contributed by atoms with Crippen LogP contribution in [0.25, 0.3) is 31.2 Å². The Bertz CT molecular complexity index is 3910. The molecule has 0 spiro atoms. The summed E-state index contributed by atoms with van der Waals surface area (Å²) in [7, 11) is 0. The molecule has 3 aromatic heterocycles. The second-order valence-electron chi connectivity index (χ2n) is 20.3. The van der Waals surface area contributed by atoms with Gasteiger partial charge in [-0.25, -0.2) is 45.0 Å². The van der Waals surface area contributed by atoms with E-state index in [1.807, 2.05) is 142 Å². The van der Waals surface area contributed by atoms with Crippen molar-refractivity contribution in [2.24, 2.45) is 0 Å². The van der Waals surface area contributed by atoms with Gasteiger partial charge in [-0.05, 0) is 95.9 Å². The predicted molar refractivity (Wildman–Crippen MR) is 363 cm³/mol. The third kappa shape index (κ3) is 22.0. The van der Waals surface area contributed by atoms with E-state index in [1.165, 1.54) is 51.4 Å². The van der Waals surface area contributed by atoms with E-state index in [-0.39, 0.29) is 76.0 Å². The number of pyridine rings is 1. The first-order valence-electron chi connectivity index (χ1n) is 29.2. The van der Waals surface area contributed by atoms with Crippen LogP contribution in [-0.2, 0) is 43.4 Å². The Hall–Kier alpha value is -8.72. The molecule has 0 aliphatic rings. The van der Waals surface area contributed by atoms with Crippen molar-refractivity contribution in [3.8, 4) is 0 Å². The number of hydrogen-bond acceptors (Lipinski definition) is 17. The maximum atomic E-state index is 12.4. The number of nitrogens with zero attached hydrogens (tertiary/aromatic N) is 6. The van der Waals surface area contributed by atoms with Gasteiger partial charge in [-0.15, -0.1) is 0 Å². The molecule has 7 amide bonds. The van der Waals surface area contributed by atoms with Gasteiger partial charge in [0.05, 0.1) is 45.7 Å². The predicted octanol–water partition coefficient (Wildman–Crippen LogP) is 13.6. The number of aromatic nitrogens is 3. The summed E-state index contributed by atoms with van der Waals surface area (Å²) < 4.78 is 17.8. The largest absolute Gasteiger partial charge is 0.447 e. The molecule has 6 aromatic carbocycles. The van der Waals surface area contributed by atoms with Crippen LogP contribution in [0.1, 0.15) is 62.8 Å². The van der Waals surface area contributed by atoms with Crippen LogP contribution < -0.4 is 32.1 Å². The first-order chi connectivity index (χ1) is 44.4. The molecule has 9 rings (SSSR count). The van der Waals surface area contributed by atoms with Crippen molar-refractivity contribution in [1.82, 2.24) is 46.0 Å². The summed E-state index contributed by atoms with van der Waals surface area (Å²) in [6.45, 7) is 9.85. The molecule has 0 saturated heterocycles. The van der Waals surface area contributed by atoms with E-state index >= 15 is 0 Å². The second-order valence-corrected chi connectivity index (χ2v) is 23.6. The zero-order chi connectivity index (χ0) is 65.9. The van der Waals surface area contributed by atoms with Crippen molar-refractivity contribution < 1.29 is 48.1 Å². The lowest BCUT2D eigenvalue weighted by Gasteiger charge is -2.30. The van der Waals surface area contributed by atoms with Gasteiger partial charge in [-0.1, -0.05) is 168 Å². The van der Waals surface area contributed by atoms with Gasteiger partial charge < -0.3 is 29.5 Å². The number of nitrogens with one attached hydrogen (secondary N) is 6. The molecule has 0 saturated carbocycles. The highest BCUT2D eigenvalue weighted by Gasteiger charge is 2.24. The van der Waals surface area contributed by atoms with Crippen LogP contribution >= 0.6 is 57.5 Å². The first-order valence-corrected chi connectivity index (χ1v) is 32.0. The van der Waals surface area contributed by atoms with Crippen LogP contribution in [0.3, 0.4) is 0 Å². The Morgan fingerprint density at radius 3 is 1.57 bits per heavy atom. The highest BCUT2D eigenvalue weighted by molar-refractivity contribution is 7.22. The molecule has 9 aromatic rings. The number of anilines is 3. The minimum atomic E-state index is -0.658. The fourth-order valence-corrected chi connectivity index (χ4v) is 11.3. The van der Waals surface area contributed by atoms with Crippen LogP contribution in [0.2, 0.25) is 15.1 Å². The zero-order valence-electron chi connectivity index (χ0n) is 51.1. The fourth-order valence-electron chi connectivity index (χ4n) is 8.87. The van der Waals surface area contributed by atoms with Gasteiger partial charge in [-0.3, -0.25) is 35.6 Å². The molecule has 0 aliphatic heterocycles. The lowest BCUT2D eigenvalue weighted by Crippen LogP contribution is -2.50. The molecule has 7 N–H and O–H groups in total. The number of benzene rings is 6. The average molecular weight is 1350 g/mol. The molecule has 0 unspecified atom stereocenters. The van der Waals surface area contributed by atoms with Gasteiger partial charge >= 0.3 is 24.3 Å². The molecule has 0 bridgehead atoms. The summed E-state index contributed by atoms with van der Waals surface area (Å²) >= 11 is 21.2. The number of hydrogen-bond donors (Lipinski definition) is 7. The topological polar surface area (TPSA) is 271 Å².